The number of piperidine rings is 1. The summed E-state index contributed by atoms with van der Waals surface area (Å²) < 4.78 is 3.24. The quantitative estimate of drug-likeness (QED) is 0.810. The summed E-state index contributed by atoms with van der Waals surface area (Å²) in [4.78, 5) is 14.9. The second-order valence-electron chi connectivity index (χ2n) is 6.39. The van der Waals surface area contributed by atoms with Gasteiger partial charge >= 0.3 is 0 Å². The minimum atomic E-state index is 0.134. The van der Waals surface area contributed by atoms with Gasteiger partial charge in [-0.2, -0.15) is 0 Å². The van der Waals surface area contributed by atoms with Gasteiger partial charge in [-0.1, -0.05) is 15.9 Å². The zero-order valence-corrected chi connectivity index (χ0v) is 15.4. The number of aromatic nitrogens is 1. The number of rotatable bonds is 6. The van der Waals surface area contributed by atoms with E-state index in [0.29, 0.717) is 0 Å². The molecule has 24 heavy (non-hydrogen) atoms. The van der Waals surface area contributed by atoms with Gasteiger partial charge in [0.05, 0.1) is 0 Å². The average molecular weight is 390 g/mol. The van der Waals surface area contributed by atoms with Gasteiger partial charge in [0.25, 0.3) is 0 Å². The van der Waals surface area contributed by atoms with Crippen LogP contribution in [0.15, 0.2) is 53.3 Å². The van der Waals surface area contributed by atoms with E-state index in [1.165, 1.54) is 0 Å². The Morgan fingerprint density at radius 1 is 1.08 bits per heavy atom. The molecule has 0 spiro atoms. The van der Waals surface area contributed by atoms with Crippen LogP contribution in [0.3, 0.4) is 0 Å². The van der Waals surface area contributed by atoms with Crippen LogP contribution >= 0.6 is 15.9 Å². The first-order valence-electron chi connectivity index (χ1n) is 8.60. The summed E-state index contributed by atoms with van der Waals surface area (Å²) in [6.45, 7) is 4.21. The Kier molecular flexibility index (Phi) is 6.10. The van der Waals surface area contributed by atoms with Gasteiger partial charge in [-0.15, -0.1) is 0 Å². The van der Waals surface area contributed by atoms with Crippen molar-refractivity contribution in [2.75, 3.05) is 25.0 Å². The summed E-state index contributed by atoms with van der Waals surface area (Å²) >= 11 is 3.41. The lowest BCUT2D eigenvalue weighted by atomic mass is 9.95. The summed E-state index contributed by atoms with van der Waals surface area (Å²) in [5, 5.41) is 3.03. The molecule has 0 bridgehead atoms. The number of carbonyl (C=O) groups excluding carboxylic acids is 1. The lowest BCUT2D eigenvalue weighted by Crippen LogP contribution is -2.38. The Balaban J connectivity index is 1.38. The minimum absolute atomic E-state index is 0.134. The van der Waals surface area contributed by atoms with Crippen LogP contribution in [0.4, 0.5) is 5.69 Å². The van der Waals surface area contributed by atoms with Crippen LogP contribution in [0.2, 0.25) is 0 Å². The van der Waals surface area contributed by atoms with Gasteiger partial charge in [0, 0.05) is 35.0 Å². The summed E-state index contributed by atoms with van der Waals surface area (Å²) in [6, 6.07) is 11.9. The van der Waals surface area contributed by atoms with Gasteiger partial charge in [0.1, 0.15) is 0 Å². The molecule has 0 atom stereocenters. The van der Waals surface area contributed by atoms with Crippen molar-refractivity contribution in [1.29, 1.82) is 0 Å². The third kappa shape index (κ3) is 4.95. The number of anilines is 1. The summed E-state index contributed by atoms with van der Waals surface area (Å²) in [5.74, 6) is 0.290. The van der Waals surface area contributed by atoms with Gasteiger partial charge in [-0.25, -0.2) is 0 Å². The lowest BCUT2D eigenvalue weighted by molar-refractivity contribution is -0.121. The molecule has 3 rings (SSSR count). The first-order chi connectivity index (χ1) is 11.7. The van der Waals surface area contributed by atoms with E-state index in [9.17, 15) is 4.79 Å². The maximum Gasteiger partial charge on any atom is 0.227 e. The number of halogens is 1. The number of hydrogen-bond acceptors (Lipinski definition) is 2. The molecule has 1 fully saturated rings. The molecule has 128 valence electrons. The van der Waals surface area contributed by atoms with Crippen molar-refractivity contribution in [3.63, 3.8) is 0 Å². The third-order valence-corrected chi connectivity index (χ3v) is 5.16. The van der Waals surface area contributed by atoms with Gasteiger partial charge in [-0.3, -0.25) is 4.79 Å². The largest absolute Gasteiger partial charge is 0.354 e. The number of amides is 1. The molecule has 2 heterocycles. The highest BCUT2D eigenvalue weighted by molar-refractivity contribution is 9.10. The minimum Gasteiger partial charge on any atom is -0.354 e. The number of benzene rings is 1. The average Bonchev–Trinajstić information content (AvgIpc) is 3.11. The smallest absolute Gasteiger partial charge is 0.227 e. The van der Waals surface area contributed by atoms with E-state index in [0.717, 1.165) is 55.6 Å². The number of carbonyl (C=O) groups is 1. The Morgan fingerprint density at radius 2 is 1.75 bits per heavy atom. The molecule has 1 aromatic carbocycles. The SMILES string of the molecule is O=C(Nc1ccc(Br)cc1)C1CCN(CCCn2cccc2)CC1. The summed E-state index contributed by atoms with van der Waals surface area (Å²) in [7, 11) is 0. The van der Waals surface area contributed by atoms with Crippen LogP contribution in [0, 0.1) is 5.92 Å². The van der Waals surface area contributed by atoms with Crippen LogP contribution in [-0.2, 0) is 11.3 Å². The Morgan fingerprint density at radius 3 is 2.42 bits per heavy atom. The highest BCUT2D eigenvalue weighted by atomic mass is 79.9. The van der Waals surface area contributed by atoms with Crippen LogP contribution in [0.25, 0.3) is 0 Å². The molecule has 2 aromatic rings. The Labute approximate surface area is 152 Å². The van der Waals surface area contributed by atoms with Crippen LogP contribution < -0.4 is 5.32 Å². The second kappa shape index (κ2) is 8.49. The van der Waals surface area contributed by atoms with E-state index in [-0.39, 0.29) is 11.8 Å². The van der Waals surface area contributed by atoms with E-state index >= 15 is 0 Å². The normalized spacial score (nSPS) is 16.2. The van der Waals surface area contributed by atoms with Crippen LogP contribution in [-0.4, -0.2) is 35.0 Å². The highest BCUT2D eigenvalue weighted by Gasteiger charge is 2.24. The van der Waals surface area contributed by atoms with Crippen molar-refractivity contribution >= 4 is 27.5 Å². The van der Waals surface area contributed by atoms with Crippen molar-refractivity contribution in [1.82, 2.24) is 9.47 Å². The molecular weight excluding hydrogens is 366 g/mol. The number of aryl methyl sites for hydroxylation is 1. The molecular formula is C19H24BrN3O. The summed E-state index contributed by atoms with van der Waals surface area (Å²) in [5.41, 5.74) is 0.873. The Bertz CT molecular complexity index is 631. The van der Waals surface area contributed by atoms with E-state index < -0.39 is 0 Å². The molecule has 4 nitrogen and oxygen atoms in total. The second-order valence-corrected chi connectivity index (χ2v) is 7.30. The standard InChI is InChI=1S/C19H24BrN3O/c20-17-4-6-18(7-5-17)21-19(24)16-8-14-23(15-9-16)13-3-12-22-10-1-2-11-22/h1-2,4-7,10-11,16H,3,8-9,12-15H2,(H,21,24). The molecule has 0 saturated carbocycles. The molecule has 0 radical (unpaired) electrons. The predicted octanol–water partition coefficient (Wildman–Crippen LogP) is 3.99. The third-order valence-electron chi connectivity index (χ3n) is 4.63. The number of likely N-dealkylation sites (tertiary alicyclic amines) is 1. The van der Waals surface area contributed by atoms with E-state index in [4.69, 9.17) is 0 Å². The van der Waals surface area contributed by atoms with E-state index in [1.54, 1.807) is 0 Å². The zero-order chi connectivity index (χ0) is 16.8. The fourth-order valence-electron chi connectivity index (χ4n) is 3.19. The monoisotopic (exact) mass is 389 g/mol. The Hall–Kier alpha value is -1.59. The fraction of sp³-hybridized carbons (Fsp3) is 0.421. The maximum atomic E-state index is 12.4. The van der Waals surface area contributed by atoms with Gasteiger partial charge in [0.15, 0.2) is 0 Å². The van der Waals surface area contributed by atoms with Crippen molar-refractivity contribution in [3.8, 4) is 0 Å². The van der Waals surface area contributed by atoms with Gasteiger partial charge in [-0.05, 0) is 75.3 Å². The zero-order valence-electron chi connectivity index (χ0n) is 13.8. The van der Waals surface area contributed by atoms with Crippen molar-refractivity contribution in [2.45, 2.75) is 25.8 Å². The molecule has 1 N–H and O–H groups in total. The van der Waals surface area contributed by atoms with Crippen molar-refractivity contribution < 1.29 is 4.79 Å². The van der Waals surface area contributed by atoms with Gasteiger partial charge < -0.3 is 14.8 Å². The molecule has 0 unspecified atom stereocenters. The molecule has 1 aliphatic heterocycles. The van der Waals surface area contributed by atoms with Crippen LogP contribution in [0.5, 0.6) is 0 Å². The number of nitrogens with zero attached hydrogens (tertiary/aromatic N) is 2. The molecule has 5 heteroatoms. The summed E-state index contributed by atoms with van der Waals surface area (Å²) in [6.07, 6.45) is 7.28. The van der Waals surface area contributed by atoms with Crippen LogP contribution in [0.1, 0.15) is 19.3 Å². The fourth-order valence-corrected chi connectivity index (χ4v) is 3.46. The van der Waals surface area contributed by atoms with Crippen molar-refractivity contribution in [3.05, 3.63) is 53.3 Å². The first kappa shape index (κ1) is 17.2. The molecule has 1 aromatic heterocycles. The maximum absolute atomic E-state index is 12.4. The highest BCUT2D eigenvalue weighted by Crippen LogP contribution is 2.20. The first-order valence-corrected chi connectivity index (χ1v) is 9.39. The number of hydrogen-bond donors (Lipinski definition) is 1. The molecule has 1 amide bonds. The lowest BCUT2D eigenvalue weighted by Gasteiger charge is -2.31. The number of nitrogens with one attached hydrogen (secondary N) is 1. The van der Waals surface area contributed by atoms with Gasteiger partial charge in [0.2, 0.25) is 5.91 Å². The molecule has 1 saturated heterocycles. The topological polar surface area (TPSA) is 37.3 Å². The molecule has 0 aliphatic carbocycles. The van der Waals surface area contributed by atoms with E-state index in [1.807, 2.05) is 24.3 Å². The molecule has 1 aliphatic rings. The van der Waals surface area contributed by atoms with Crippen molar-refractivity contribution in [2.24, 2.45) is 5.92 Å². The van der Waals surface area contributed by atoms with E-state index in [2.05, 4.69) is 55.2 Å². The predicted molar refractivity (Wildman–Crippen MR) is 101 cm³/mol.